The third-order valence-electron chi connectivity index (χ3n) is 2.25. The summed E-state index contributed by atoms with van der Waals surface area (Å²) in [5, 5.41) is 0. The lowest BCUT2D eigenvalue weighted by molar-refractivity contribution is 1.32. The lowest BCUT2D eigenvalue weighted by Gasteiger charge is -2.04. The van der Waals surface area contributed by atoms with E-state index in [-0.39, 0.29) is 0 Å². The molecule has 0 atom stereocenters. The molecule has 0 unspecified atom stereocenters. The molecule has 0 radical (unpaired) electrons. The molecule has 2 aromatic rings. The Morgan fingerprint density at radius 2 is 1.65 bits per heavy atom. The number of hydrogen-bond acceptors (Lipinski definition) is 1. The Bertz CT molecular complexity index is 458. The van der Waals surface area contributed by atoms with Crippen molar-refractivity contribution in [3.8, 4) is 11.3 Å². The van der Waals surface area contributed by atoms with Crippen LogP contribution in [-0.2, 0) is 0 Å². The summed E-state index contributed by atoms with van der Waals surface area (Å²) in [7, 11) is 0. The minimum atomic E-state index is 1.02. The van der Waals surface area contributed by atoms with Gasteiger partial charge in [0, 0.05) is 11.8 Å². The molecule has 0 amide bonds. The number of allylic oxidation sites excluding steroid dienone is 1. The van der Waals surface area contributed by atoms with E-state index in [4.69, 9.17) is 0 Å². The summed E-state index contributed by atoms with van der Waals surface area (Å²) in [6.07, 6.45) is 5.97. The fourth-order valence-electron chi connectivity index (χ4n) is 1.58. The molecular formula is C16H19N. The maximum atomic E-state index is 4.36. The Morgan fingerprint density at radius 1 is 0.941 bits per heavy atom. The second-order valence-corrected chi connectivity index (χ2v) is 3.30. The van der Waals surface area contributed by atoms with Crippen LogP contribution < -0.4 is 0 Å². The van der Waals surface area contributed by atoms with Crippen molar-refractivity contribution in [3.63, 3.8) is 0 Å². The van der Waals surface area contributed by atoms with Crippen molar-refractivity contribution in [2.75, 3.05) is 0 Å². The van der Waals surface area contributed by atoms with Gasteiger partial charge in [0.05, 0.1) is 5.69 Å². The van der Waals surface area contributed by atoms with Gasteiger partial charge in [0.1, 0.15) is 0 Å². The van der Waals surface area contributed by atoms with Crippen molar-refractivity contribution in [1.29, 1.82) is 0 Å². The second-order valence-electron chi connectivity index (χ2n) is 3.30. The number of benzene rings is 1. The van der Waals surface area contributed by atoms with Gasteiger partial charge in [-0.15, -0.1) is 0 Å². The largest absolute Gasteiger partial charge is 0.256 e. The van der Waals surface area contributed by atoms with Gasteiger partial charge in [-0.25, -0.2) is 0 Å². The first-order valence-corrected chi connectivity index (χ1v) is 6.05. The molecule has 1 aromatic carbocycles. The van der Waals surface area contributed by atoms with E-state index in [0.29, 0.717) is 0 Å². The zero-order valence-electron chi connectivity index (χ0n) is 10.7. The fourth-order valence-corrected chi connectivity index (χ4v) is 1.58. The Labute approximate surface area is 104 Å². The quantitative estimate of drug-likeness (QED) is 0.714. The van der Waals surface area contributed by atoms with Gasteiger partial charge in [-0.05, 0) is 24.6 Å². The highest BCUT2D eigenvalue weighted by molar-refractivity contribution is 5.72. The normalized spacial score (nSPS) is 9.82. The summed E-state index contributed by atoms with van der Waals surface area (Å²) in [4.78, 5) is 4.36. The van der Waals surface area contributed by atoms with Crippen LogP contribution in [0.5, 0.6) is 0 Å². The van der Waals surface area contributed by atoms with Crippen LogP contribution in [-0.4, -0.2) is 4.98 Å². The first-order valence-electron chi connectivity index (χ1n) is 6.05. The van der Waals surface area contributed by atoms with Crippen LogP contribution in [0.25, 0.3) is 17.3 Å². The van der Waals surface area contributed by atoms with Gasteiger partial charge < -0.3 is 0 Å². The number of aromatic nitrogens is 1. The molecule has 0 bridgehead atoms. The summed E-state index contributed by atoms with van der Waals surface area (Å²) >= 11 is 0. The SMILES string of the molecule is C/C=C/c1ccccc1-c1ccccn1.CC. The van der Waals surface area contributed by atoms with Gasteiger partial charge in [0.15, 0.2) is 0 Å². The average Bonchev–Trinajstić information content (AvgIpc) is 2.43. The second kappa shape index (κ2) is 7.39. The third-order valence-corrected chi connectivity index (χ3v) is 2.25. The van der Waals surface area contributed by atoms with Gasteiger partial charge in [0.2, 0.25) is 0 Å². The standard InChI is InChI=1S/C14H13N.C2H6/c1-2-7-12-8-3-4-9-13(12)14-10-5-6-11-15-14;1-2/h2-11H,1H3;1-2H3/b7-2+;. The molecule has 1 aromatic heterocycles. The number of rotatable bonds is 2. The number of hydrogen-bond donors (Lipinski definition) is 0. The van der Waals surface area contributed by atoms with Gasteiger partial charge in [-0.2, -0.15) is 0 Å². The predicted molar refractivity (Wildman–Crippen MR) is 75.7 cm³/mol. The van der Waals surface area contributed by atoms with E-state index in [9.17, 15) is 0 Å². The molecule has 1 nitrogen and oxygen atoms in total. The van der Waals surface area contributed by atoms with Crippen molar-refractivity contribution in [2.45, 2.75) is 20.8 Å². The monoisotopic (exact) mass is 225 g/mol. The van der Waals surface area contributed by atoms with Crippen LogP contribution in [0.4, 0.5) is 0 Å². The molecule has 88 valence electrons. The molecule has 0 saturated heterocycles. The van der Waals surface area contributed by atoms with E-state index in [1.807, 2.05) is 63.4 Å². The molecule has 2 rings (SSSR count). The molecule has 0 saturated carbocycles. The zero-order chi connectivity index (χ0) is 12.5. The van der Waals surface area contributed by atoms with E-state index in [2.05, 4.69) is 23.2 Å². The van der Waals surface area contributed by atoms with Crippen LogP contribution in [0.2, 0.25) is 0 Å². The molecule has 0 aliphatic rings. The topological polar surface area (TPSA) is 12.9 Å². The first-order chi connectivity index (χ1) is 8.42. The minimum absolute atomic E-state index is 1.02. The van der Waals surface area contributed by atoms with Crippen LogP contribution in [0.3, 0.4) is 0 Å². The van der Waals surface area contributed by atoms with E-state index in [1.54, 1.807) is 0 Å². The van der Waals surface area contributed by atoms with E-state index in [1.165, 1.54) is 11.1 Å². The van der Waals surface area contributed by atoms with Crippen LogP contribution in [0.15, 0.2) is 54.7 Å². The van der Waals surface area contributed by atoms with E-state index >= 15 is 0 Å². The molecule has 0 fully saturated rings. The Hall–Kier alpha value is -1.89. The van der Waals surface area contributed by atoms with Gasteiger partial charge in [-0.3, -0.25) is 4.98 Å². The molecule has 17 heavy (non-hydrogen) atoms. The first kappa shape index (κ1) is 13.2. The highest BCUT2D eigenvalue weighted by Crippen LogP contribution is 2.22. The molecular weight excluding hydrogens is 206 g/mol. The van der Waals surface area contributed by atoms with Crippen LogP contribution in [0.1, 0.15) is 26.3 Å². The van der Waals surface area contributed by atoms with Crippen molar-refractivity contribution in [1.82, 2.24) is 4.98 Å². The predicted octanol–water partition coefficient (Wildman–Crippen LogP) is 4.81. The average molecular weight is 225 g/mol. The Morgan fingerprint density at radius 3 is 2.29 bits per heavy atom. The number of nitrogens with zero attached hydrogens (tertiary/aromatic N) is 1. The maximum Gasteiger partial charge on any atom is 0.0707 e. The maximum absolute atomic E-state index is 4.36. The summed E-state index contributed by atoms with van der Waals surface area (Å²) in [5.74, 6) is 0. The van der Waals surface area contributed by atoms with Gasteiger partial charge >= 0.3 is 0 Å². The van der Waals surface area contributed by atoms with Crippen molar-refractivity contribution in [3.05, 3.63) is 60.3 Å². The third kappa shape index (κ3) is 3.56. The van der Waals surface area contributed by atoms with Crippen LogP contribution in [0, 0.1) is 0 Å². The molecule has 0 aliphatic heterocycles. The minimum Gasteiger partial charge on any atom is -0.256 e. The molecule has 1 heteroatoms. The zero-order valence-corrected chi connectivity index (χ0v) is 10.7. The van der Waals surface area contributed by atoms with E-state index < -0.39 is 0 Å². The lowest BCUT2D eigenvalue weighted by atomic mass is 10.0. The van der Waals surface area contributed by atoms with Crippen molar-refractivity contribution < 1.29 is 0 Å². The van der Waals surface area contributed by atoms with Crippen LogP contribution >= 0.6 is 0 Å². The summed E-state index contributed by atoms with van der Waals surface area (Å²) in [6, 6.07) is 14.2. The lowest BCUT2D eigenvalue weighted by Crippen LogP contribution is -1.85. The summed E-state index contributed by atoms with van der Waals surface area (Å²) in [5.41, 5.74) is 3.40. The summed E-state index contributed by atoms with van der Waals surface area (Å²) < 4.78 is 0. The molecule has 0 N–H and O–H groups in total. The molecule has 0 spiro atoms. The highest BCUT2D eigenvalue weighted by Gasteiger charge is 2.01. The Kier molecular flexibility index (Phi) is 5.73. The molecule has 0 aliphatic carbocycles. The van der Waals surface area contributed by atoms with Gasteiger partial charge in [0.25, 0.3) is 0 Å². The van der Waals surface area contributed by atoms with Crippen molar-refractivity contribution in [2.24, 2.45) is 0 Å². The highest BCUT2D eigenvalue weighted by atomic mass is 14.7. The fraction of sp³-hybridized carbons (Fsp3) is 0.188. The molecule has 1 heterocycles. The summed E-state index contributed by atoms with van der Waals surface area (Å²) in [6.45, 7) is 6.02. The Balaban J connectivity index is 0.000000686. The number of pyridine rings is 1. The van der Waals surface area contributed by atoms with Crippen molar-refractivity contribution >= 4 is 6.08 Å². The van der Waals surface area contributed by atoms with E-state index in [0.717, 1.165) is 5.69 Å². The smallest absolute Gasteiger partial charge is 0.0707 e. The van der Waals surface area contributed by atoms with Gasteiger partial charge in [-0.1, -0.05) is 56.3 Å².